The van der Waals surface area contributed by atoms with Crippen LogP contribution >= 0.6 is 0 Å². The number of sulfonamides is 1. The molecule has 2 aliphatic rings. The predicted octanol–water partition coefficient (Wildman–Crippen LogP) is 2.86. The molecule has 3 heterocycles. The van der Waals surface area contributed by atoms with Crippen LogP contribution in [0.15, 0.2) is 35.5 Å². The van der Waals surface area contributed by atoms with Crippen LogP contribution in [0.25, 0.3) is 0 Å². The first-order valence-electron chi connectivity index (χ1n) is 11.5. The van der Waals surface area contributed by atoms with E-state index in [4.69, 9.17) is 0 Å². The molecule has 1 amide bonds. The Hall–Kier alpha value is -2.39. The molecule has 1 aromatic heterocycles. The maximum atomic E-state index is 13.7. The fraction of sp³-hybridized carbons (Fsp3) is 0.565. The third-order valence-corrected chi connectivity index (χ3v) is 8.29. The quantitative estimate of drug-likeness (QED) is 0.664. The highest BCUT2D eigenvalue weighted by atomic mass is 32.2. The van der Waals surface area contributed by atoms with E-state index in [1.54, 1.807) is 39.3 Å². The minimum absolute atomic E-state index is 0.200. The van der Waals surface area contributed by atoms with E-state index in [1.165, 1.54) is 6.42 Å². The number of anilines is 1. The highest BCUT2D eigenvalue weighted by Crippen LogP contribution is 2.32. The Morgan fingerprint density at radius 1 is 1.03 bits per heavy atom. The Balaban J connectivity index is 1.66. The van der Waals surface area contributed by atoms with Gasteiger partial charge in [-0.05, 0) is 50.3 Å². The van der Waals surface area contributed by atoms with Crippen molar-refractivity contribution in [3.63, 3.8) is 0 Å². The number of piperidine rings is 2. The van der Waals surface area contributed by atoms with Gasteiger partial charge in [-0.2, -0.15) is 9.40 Å². The zero-order valence-electron chi connectivity index (χ0n) is 19.0. The molecule has 0 spiro atoms. The van der Waals surface area contributed by atoms with E-state index in [0.29, 0.717) is 25.2 Å². The largest absolute Gasteiger partial charge is 0.370 e. The van der Waals surface area contributed by atoms with Gasteiger partial charge in [0, 0.05) is 64.1 Å². The normalized spacial score (nSPS) is 18.0. The van der Waals surface area contributed by atoms with Gasteiger partial charge in [0.15, 0.2) is 0 Å². The molecule has 9 heteroatoms. The second kappa shape index (κ2) is 9.62. The predicted molar refractivity (Wildman–Crippen MR) is 124 cm³/mol. The Morgan fingerprint density at radius 2 is 1.69 bits per heavy atom. The Bertz CT molecular complexity index is 1050. The number of aryl methyl sites for hydroxylation is 1. The van der Waals surface area contributed by atoms with Gasteiger partial charge >= 0.3 is 0 Å². The molecule has 0 atom stereocenters. The molecule has 2 aliphatic heterocycles. The van der Waals surface area contributed by atoms with Crippen LogP contribution in [-0.4, -0.2) is 66.5 Å². The molecule has 8 nitrogen and oxygen atoms in total. The van der Waals surface area contributed by atoms with Crippen LogP contribution in [0.2, 0.25) is 0 Å². The van der Waals surface area contributed by atoms with E-state index < -0.39 is 10.0 Å². The Morgan fingerprint density at radius 3 is 2.31 bits per heavy atom. The standard InChI is InChI=1S/C23H33N5O3S/c1-25(17-19-16-24-26(2)18-19)23(29)20-9-10-21(27-11-5-3-6-12-27)22(15-20)32(30,31)28-13-7-4-8-14-28/h9-10,15-16,18H,3-8,11-14,17H2,1-2H3. The number of carbonyl (C=O) groups is 1. The molecule has 0 saturated carbocycles. The Labute approximate surface area is 190 Å². The summed E-state index contributed by atoms with van der Waals surface area (Å²) in [5, 5.41) is 4.15. The summed E-state index contributed by atoms with van der Waals surface area (Å²) in [6, 6.07) is 5.19. The first-order chi connectivity index (χ1) is 15.4. The van der Waals surface area contributed by atoms with E-state index in [1.807, 2.05) is 19.3 Å². The molecular weight excluding hydrogens is 426 g/mol. The number of rotatable bonds is 6. The summed E-state index contributed by atoms with van der Waals surface area (Å²) in [7, 11) is -0.107. The van der Waals surface area contributed by atoms with Gasteiger partial charge in [0.1, 0.15) is 4.90 Å². The molecule has 0 bridgehead atoms. The lowest BCUT2D eigenvalue weighted by Gasteiger charge is -2.33. The van der Waals surface area contributed by atoms with Crippen molar-refractivity contribution in [1.29, 1.82) is 0 Å². The molecule has 0 N–H and O–H groups in total. The van der Waals surface area contributed by atoms with Crippen molar-refractivity contribution in [3.05, 3.63) is 41.7 Å². The molecule has 2 saturated heterocycles. The summed E-state index contributed by atoms with van der Waals surface area (Å²) >= 11 is 0. The van der Waals surface area contributed by atoms with Crippen LogP contribution < -0.4 is 4.90 Å². The summed E-state index contributed by atoms with van der Waals surface area (Å²) in [5.41, 5.74) is 2.05. The number of nitrogens with zero attached hydrogens (tertiary/aromatic N) is 5. The smallest absolute Gasteiger partial charge is 0.253 e. The SMILES string of the molecule is CN(Cc1cnn(C)c1)C(=O)c1ccc(N2CCCCC2)c(S(=O)(=O)N2CCCCC2)c1. The Kier molecular flexibility index (Phi) is 6.85. The third kappa shape index (κ3) is 4.83. The lowest BCUT2D eigenvalue weighted by atomic mass is 10.1. The van der Waals surface area contributed by atoms with Crippen molar-refractivity contribution in [2.24, 2.45) is 7.05 Å². The van der Waals surface area contributed by atoms with E-state index >= 15 is 0 Å². The topological polar surface area (TPSA) is 78.8 Å². The van der Waals surface area contributed by atoms with Gasteiger partial charge in [0.2, 0.25) is 10.0 Å². The van der Waals surface area contributed by atoms with Crippen LogP contribution in [0.3, 0.4) is 0 Å². The van der Waals surface area contributed by atoms with Crippen molar-refractivity contribution in [2.75, 3.05) is 38.1 Å². The van der Waals surface area contributed by atoms with E-state index in [0.717, 1.165) is 56.4 Å². The molecule has 4 rings (SSSR count). The maximum absolute atomic E-state index is 13.7. The minimum atomic E-state index is -3.67. The third-order valence-electron chi connectivity index (χ3n) is 6.36. The summed E-state index contributed by atoms with van der Waals surface area (Å²) in [5.74, 6) is -0.200. The monoisotopic (exact) mass is 459 g/mol. The van der Waals surface area contributed by atoms with Crippen molar-refractivity contribution in [3.8, 4) is 0 Å². The first-order valence-corrected chi connectivity index (χ1v) is 12.9. The van der Waals surface area contributed by atoms with E-state index in [9.17, 15) is 13.2 Å². The number of hydrogen-bond acceptors (Lipinski definition) is 5. The van der Waals surface area contributed by atoms with Crippen molar-refractivity contribution >= 4 is 21.6 Å². The summed E-state index contributed by atoms with van der Waals surface area (Å²) < 4.78 is 30.6. The van der Waals surface area contributed by atoms with Crippen molar-refractivity contribution < 1.29 is 13.2 Å². The number of aromatic nitrogens is 2. The average molecular weight is 460 g/mol. The molecular formula is C23H33N5O3S. The minimum Gasteiger partial charge on any atom is -0.370 e. The molecule has 1 aromatic carbocycles. The fourth-order valence-electron chi connectivity index (χ4n) is 4.61. The maximum Gasteiger partial charge on any atom is 0.253 e. The van der Waals surface area contributed by atoms with Crippen molar-refractivity contribution in [1.82, 2.24) is 19.0 Å². The molecule has 32 heavy (non-hydrogen) atoms. The zero-order chi connectivity index (χ0) is 22.7. The number of amides is 1. The van der Waals surface area contributed by atoms with Crippen LogP contribution in [0.5, 0.6) is 0 Å². The molecule has 0 aliphatic carbocycles. The highest BCUT2D eigenvalue weighted by Gasteiger charge is 2.31. The van der Waals surface area contributed by atoms with Crippen LogP contribution in [0.4, 0.5) is 5.69 Å². The molecule has 174 valence electrons. The second-order valence-electron chi connectivity index (χ2n) is 8.88. The number of benzene rings is 1. The van der Waals surface area contributed by atoms with Crippen LogP contribution in [0.1, 0.15) is 54.4 Å². The average Bonchev–Trinajstić information content (AvgIpc) is 3.23. The van der Waals surface area contributed by atoms with Gasteiger partial charge in [-0.25, -0.2) is 8.42 Å². The molecule has 2 aromatic rings. The van der Waals surface area contributed by atoms with Crippen LogP contribution in [0, 0.1) is 0 Å². The van der Waals surface area contributed by atoms with Gasteiger partial charge < -0.3 is 9.80 Å². The van der Waals surface area contributed by atoms with Gasteiger partial charge in [0.25, 0.3) is 5.91 Å². The van der Waals surface area contributed by atoms with Gasteiger partial charge in [-0.1, -0.05) is 6.42 Å². The summed E-state index contributed by atoms with van der Waals surface area (Å²) in [4.78, 5) is 17.2. The molecule has 0 unspecified atom stereocenters. The van der Waals surface area contributed by atoms with Gasteiger partial charge in [0.05, 0.1) is 11.9 Å². The number of hydrogen-bond donors (Lipinski definition) is 0. The summed E-state index contributed by atoms with van der Waals surface area (Å²) in [6.45, 7) is 3.18. The van der Waals surface area contributed by atoms with Crippen molar-refractivity contribution in [2.45, 2.75) is 50.0 Å². The molecule has 2 fully saturated rings. The van der Waals surface area contributed by atoms with Gasteiger partial charge in [-0.15, -0.1) is 0 Å². The molecule has 0 radical (unpaired) electrons. The zero-order valence-corrected chi connectivity index (χ0v) is 19.9. The summed E-state index contributed by atoms with van der Waals surface area (Å²) in [6.07, 6.45) is 9.69. The lowest BCUT2D eigenvalue weighted by molar-refractivity contribution is 0.0785. The first kappa shape index (κ1) is 22.8. The lowest BCUT2D eigenvalue weighted by Crippen LogP contribution is -2.38. The fourth-order valence-corrected chi connectivity index (χ4v) is 6.37. The second-order valence-corrected chi connectivity index (χ2v) is 10.8. The highest BCUT2D eigenvalue weighted by molar-refractivity contribution is 7.89. The van der Waals surface area contributed by atoms with E-state index in [-0.39, 0.29) is 10.8 Å². The van der Waals surface area contributed by atoms with Crippen LogP contribution in [-0.2, 0) is 23.6 Å². The van der Waals surface area contributed by atoms with Gasteiger partial charge in [-0.3, -0.25) is 9.48 Å². The van der Waals surface area contributed by atoms with E-state index in [2.05, 4.69) is 10.00 Å². The number of carbonyl (C=O) groups excluding carboxylic acids is 1.